The molecule has 2 unspecified atom stereocenters. The first-order valence-corrected chi connectivity index (χ1v) is 5.28. The number of fused-ring (bicyclic) bond motifs is 1. The molecule has 15 heavy (non-hydrogen) atoms. The Labute approximate surface area is 88.0 Å². The Morgan fingerprint density at radius 2 is 2.47 bits per heavy atom. The smallest absolute Gasteiger partial charge is 0.340 e. The highest BCUT2D eigenvalue weighted by Gasteiger charge is 2.58. The summed E-state index contributed by atoms with van der Waals surface area (Å²) in [6.07, 6.45) is 1.40. The molecule has 2 aliphatic rings. The van der Waals surface area contributed by atoms with Gasteiger partial charge in [0.1, 0.15) is 0 Å². The predicted molar refractivity (Wildman–Crippen MR) is 50.9 cm³/mol. The molecule has 5 heteroatoms. The van der Waals surface area contributed by atoms with Crippen molar-refractivity contribution in [2.75, 3.05) is 13.2 Å². The van der Waals surface area contributed by atoms with Gasteiger partial charge in [-0.1, -0.05) is 0 Å². The normalized spacial score (nSPS) is 34.4. The maximum absolute atomic E-state index is 11.6. The van der Waals surface area contributed by atoms with Crippen molar-refractivity contribution >= 4 is 11.9 Å². The molecule has 2 rings (SSSR count). The number of nitrogens with zero attached hydrogens (tertiary/aromatic N) is 1. The lowest BCUT2D eigenvalue weighted by Gasteiger charge is -2.26. The van der Waals surface area contributed by atoms with Gasteiger partial charge in [-0.15, -0.1) is 0 Å². The minimum absolute atomic E-state index is 0.128. The van der Waals surface area contributed by atoms with Gasteiger partial charge in [0.2, 0.25) is 5.91 Å². The Hall–Kier alpha value is -1.10. The average Bonchev–Trinajstić information content (AvgIpc) is 2.73. The van der Waals surface area contributed by atoms with Gasteiger partial charge in [-0.25, -0.2) is 4.79 Å². The minimum Gasteiger partial charge on any atom is -0.464 e. The third-order valence-corrected chi connectivity index (χ3v) is 3.17. The second-order valence-electron chi connectivity index (χ2n) is 4.07. The molecule has 2 aliphatic heterocycles. The quantitative estimate of drug-likeness (QED) is 0.638. The lowest BCUT2D eigenvalue weighted by molar-refractivity contribution is -0.167. The molecular formula is C10H15NO4. The first kappa shape index (κ1) is 10.4. The number of hydrogen-bond donors (Lipinski definition) is 1. The van der Waals surface area contributed by atoms with Crippen LogP contribution in [0.2, 0.25) is 0 Å². The monoisotopic (exact) mass is 213 g/mol. The van der Waals surface area contributed by atoms with Gasteiger partial charge >= 0.3 is 5.97 Å². The number of aliphatic hydroxyl groups is 1. The van der Waals surface area contributed by atoms with Crippen molar-refractivity contribution in [3.05, 3.63) is 0 Å². The number of amides is 1. The summed E-state index contributed by atoms with van der Waals surface area (Å²) in [4.78, 5) is 24.7. The maximum atomic E-state index is 11.6. The Balaban J connectivity index is 2.21. The SMILES string of the molecule is CCOC(=O)C1(O)CC(=O)N2CCCC21. The van der Waals surface area contributed by atoms with Crippen LogP contribution >= 0.6 is 0 Å². The minimum atomic E-state index is -1.61. The molecule has 0 radical (unpaired) electrons. The Bertz CT molecular complexity index is 304. The van der Waals surface area contributed by atoms with Crippen molar-refractivity contribution in [2.45, 2.75) is 37.8 Å². The fourth-order valence-electron chi connectivity index (χ4n) is 2.48. The lowest BCUT2D eigenvalue weighted by atomic mass is 9.93. The molecule has 5 nitrogen and oxygen atoms in total. The summed E-state index contributed by atoms with van der Waals surface area (Å²) >= 11 is 0. The van der Waals surface area contributed by atoms with Crippen LogP contribution in [0.25, 0.3) is 0 Å². The van der Waals surface area contributed by atoms with E-state index in [9.17, 15) is 14.7 Å². The van der Waals surface area contributed by atoms with E-state index in [1.54, 1.807) is 11.8 Å². The van der Waals surface area contributed by atoms with E-state index < -0.39 is 11.6 Å². The van der Waals surface area contributed by atoms with Crippen molar-refractivity contribution in [3.8, 4) is 0 Å². The molecule has 1 N–H and O–H groups in total. The first-order chi connectivity index (χ1) is 7.09. The van der Waals surface area contributed by atoms with Gasteiger partial charge in [-0.3, -0.25) is 4.79 Å². The van der Waals surface area contributed by atoms with Crippen LogP contribution < -0.4 is 0 Å². The second kappa shape index (κ2) is 3.48. The standard InChI is InChI=1S/C10H15NO4/c1-2-15-9(13)10(14)6-8(12)11-5-3-4-7(10)11/h7,14H,2-6H2,1H3. The number of esters is 1. The molecule has 2 atom stereocenters. The summed E-state index contributed by atoms with van der Waals surface area (Å²) < 4.78 is 4.82. The lowest BCUT2D eigenvalue weighted by Crippen LogP contribution is -2.49. The van der Waals surface area contributed by atoms with Crippen LogP contribution in [0.4, 0.5) is 0 Å². The molecule has 0 aliphatic carbocycles. The van der Waals surface area contributed by atoms with Crippen molar-refractivity contribution in [3.63, 3.8) is 0 Å². The molecular weight excluding hydrogens is 198 g/mol. The van der Waals surface area contributed by atoms with Crippen LogP contribution in [0.15, 0.2) is 0 Å². The summed E-state index contributed by atoms with van der Waals surface area (Å²) in [5.41, 5.74) is -1.61. The number of carbonyl (C=O) groups excluding carboxylic acids is 2. The van der Waals surface area contributed by atoms with Gasteiger partial charge in [0.25, 0.3) is 0 Å². The van der Waals surface area contributed by atoms with Crippen LogP contribution in [0.1, 0.15) is 26.2 Å². The number of rotatable bonds is 2. The molecule has 0 bridgehead atoms. The highest BCUT2D eigenvalue weighted by molar-refractivity contribution is 5.93. The van der Waals surface area contributed by atoms with Gasteiger partial charge in [0.05, 0.1) is 19.1 Å². The third kappa shape index (κ3) is 1.42. The topological polar surface area (TPSA) is 66.8 Å². The third-order valence-electron chi connectivity index (χ3n) is 3.17. The number of carbonyl (C=O) groups is 2. The molecule has 0 aromatic carbocycles. The van der Waals surface area contributed by atoms with Gasteiger partial charge in [0.15, 0.2) is 5.60 Å². The van der Waals surface area contributed by atoms with Crippen LogP contribution in [-0.4, -0.2) is 46.7 Å². The van der Waals surface area contributed by atoms with Gasteiger partial charge in [0, 0.05) is 6.54 Å². The fraction of sp³-hybridized carbons (Fsp3) is 0.800. The van der Waals surface area contributed by atoms with E-state index in [1.165, 1.54) is 0 Å². The van der Waals surface area contributed by atoms with Crippen molar-refractivity contribution in [1.82, 2.24) is 4.90 Å². The largest absolute Gasteiger partial charge is 0.464 e. The van der Waals surface area contributed by atoms with Crippen molar-refractivity contribution < 1.29 is 19.4 Å². The maximum Gasteiger partial charge on any atom is 0.340 e. The molecule has 2 saturated heterocycles. The summed E-state index contributed by atoms with van der Waals surface area (Å²) in [5.74, 6) is -0.805. The molecule has 0 aromatic heterocycles. The van der Waals surface area contributed by atoms with Crippen LogP contribution in [-0.2, 0) is 14.3 Å². The number of hydrogen-bond acceptors (Lipinski definition) is 4. The van der Waals surface area contributed by atoms with E-state index in [0.29, 0.717) is 13.0 Å². The van der Waals surface area contributed by atoms with E-state index >= 15 is 0 Å². The van der Waals surface area contributed by atoms with E-state index in [0.717, 1.165) is 6.42 Å². The molecule has 2 heterocycles. The van der Waals surface area contributed by atoms with Gasteiger partial charge in [-0.05, 0) is 19.8 Å². The molecule has 0 aromatic rings. The first-order valence-electron chi connectivity index (χ1n) is 5.28. The van der Waals surface area contributed by atoms with E-state index in [-0.39, 0.29) is 25.0 Å². The molecule has 1 amide bonds. The summed E-state index contributed by atoms with van der Waals surface area (Å²) in [6.45, 7) is 2.55. The molecule has 2 fully saturated rings. The summed E-state index contributed by atoms with van der Waals surface area (Å²) in [6, 6.07) is -0.371. The van der Waals surface area contributed by atoms with Crippen LogP contribution in [0.3, 0.4) is 0 Å². The highest BCUT2D eigenvalue weighted by Crippen LogP contribution is 2.37. The zero-order valence-corrected chi connectivity index (χ0v) is 8.73. The summed E-state index contributed by atoms with van der Waals surface area (Å²) in [5, 5.41) is 10.2. The summed E-state index contributed by atoms with van der Waals surface area (Å²) in [7, 11) is 0. The molecule has 0 spiro atoms. The van der Waals surface area contributed by atoms with E-state index in [4.69, 9.17) is 4.74 Å². The fourth-order valence-corrected chi connectivity index (χ4v) is 2.48. The zero-order chi connectivity index (χ0) is 11.1. The average molecular weight is 213 g/mol. The molecule has 84 valence electrons. The Morgan fingerprint density at radius 3 is 3.13 bits per heavy atom. The zero-order valence-electron chi connectivity index (χ0n) is 8.73. The van der Waals surface area contributed by atoms with E-state index in [2.05, 4.69) is 0 Å². The van der Waals surface area contributed by atoms with Crippen molar-refractivity contribution in [2.24, 2.45) is 0 Å². The van der Waals surface area contributed by atoms with E-state index in [1.807, 2.05) is 0 Å². The van der Waals surface area contributed by atoms with Gasteiger partial charge in [-0.2, -0.15) is 0 Å². The van der Waals surface area contributed by atoms with Crippen LogP contribution in [0, 0.1) is 0 Å². The molecule has 0 saturated carbocycles. The van der Waals surface area contributed by atoms with Crippen molar-refractivity contribution in [1.29, 1.82) is 0 Å². The second-order valence-corrected chi connectivity index (χ2v) is 4.07. The highest BCUT2D eigenvalue weighted by atomic mass is 16.5. The predicted octanol–water partition coefficient (Wildman–Crippen LogP) is -0.325. The van der Waals surface area contributed by atoms with Crippen LogP contribution in [0.5, 0.6) is 0 Å². The number of ether oxygens (including phenoxy) is 1. The van der Waals surface area contributed by atoms with Gasteiger partial charge < -0.3 is 14.7 Å². The Kier molecular flexibility index (Phi) is 2.42. The Morgan fingerprint density at radius 1 is 1.73 bits per heavy atom.